The molecule has 1 aliphatic rings. The Kier molecular flexibility index (Phi) is 6.27. The van der Waals surface area contributed by atoms with Gasteiger partial charge in [0.15, 0.2) is 5.69 Å². The molecule has 11 heteroatoms. The standard InChI is InChI=1S/C18H23F2N5O3S/c1-12(2)21-18(26)17-10-24(23-22-17)9-16-7-15(20)8-25(16)29(27,28)11-13-4-3-5-14(19)6-13/h3-6,10,12,15-16H,7-9,11H2,1-2H3,(H,21,26). The van der Waals surface area contributed by atoms with Crippen LogP contribution in [-0.4, -0.2) is 58.4 Å². The lowest BCUT2D eigenvalue weighted by Crippen LogP contribution is -2.39. The molecule has 1 fully saturated rings. The fourth-order valence-corrected chi connectivity index (χ4v) is 5.06. The number of carbonyl (C=O) groups is 1. The van der Waals surface area contributed by atoms with Crippen molar-refractivity contribution in [1.29, 1.82) is 0 Å². The molecule has 0 saturated carbocycles. The summed E-state index contributed by atoms with van der Waals surface area (Å²) in [5.41, 5.74) is 0.391. The van der Waals surface area contributed by atoms with Gasteiger partial charge >= 0.3 is 0 Å². The van der Waals surface area contributed by atoms with E-state index in [1.807, 2.05) is 13.8 Å². The Morgan fingerprint density at radius 1 is 1.38 bits per heavy atom. The van der Waals surface area contributed by atoms with Crippen LogP contribution in [0, 0.1) is 5.82 Å². The second-order valence-electron chi connectivity index (χ2n) is 7.40. The highest BCUT2D eigenvalue weighted by atomic mass is 32.2. The summed E-state index contributed by atoms with van der Waals surface area (Å²) in [4.78, 5) is 12.0. The highest BCUT2D eigenvalue weighted by Gasteiger charge is 2.40. The quantitative estimate of drug-likeness (QED) is 0.722. The van der Waals surface area contributed by atoms with Crippen LogP contribution in [0.2, 0.25) is 0 Å². The first-order valence-corrected chi connectivity index (χ1v) is 10.8. The average molecular weight is 427 g/mol. The number of hydrogen-bond acceptors (Lipinski definition) is 5. The summed E-state index contributed by atoms with van der Waals surface area (Å²) in [6, 6.07) is 4.56. The summed E-state index contributed by atoms with van der Waals surface area (Å²) in [5.74, 6) is -1.35. The predicted octanol–water partition coefficient (Wildman–Crippen LogP) is 1.50. The van der Waals surface area contributed by atoms with Gasteiger partial charge in [0.1, 0.15) is 12.0 Å². The first kappa shape index (κ1) is 21.3. The average Bonchev–Trinajstić information content (AvgIpc) is 3.21. The van der Waals surface area contributed by atoms with Crippen LogP contribution in [0.25, 0.3) is 0 Å². The van der Waals surface area contributed by atoms with Crippen molar-refractivity contribution in [3.8, 4) is 0 Å². The van der Waals surface area contributed by atoms with Gasteiger partial charge in [0.25, 0.3) is 5.91 Å². The van der Waals surface area contributed by atoms with Crippen molar-refractivity contribution in [1.82, 2.24) is 24.6 Å². The molecule has 8 nitrogen and oxygen atoms in total. The highest BCUT2D eigenvalue weighted by Crippen LogP contribution is 2.27. The second-order valence-corrected chi connectivity index (χ2v) is 9.32. The molecule has 2 atom stereocenters. The monoisotopic (exact) mass is 427 g/mol. The summed E-state index contributed by atoms with van der Waals surface area (Å²) < 4.78 is 55.5. The van der Waals surface area contributed by atoms with Crippen molar-refractivity contribution < 1.29 is 22.0 Å². The van der Waals surface area contributed by atoms with Gasteiger partial charge < -0.3 is 5.32 Å². The number of sulfonamides is 1. The van der Waals surface area contributed by atoms with Crippen LogP contribution in [0.5, 0.6) is 0 Å². The van der Waals surface area contributed by atoms with E-state index in [1.165, 1.54) is 29.1 Å². The van der Waals surface area contributed by atoms with Crippen LogP contribution in [0.3, 0.4) is 0 Å². The van der Waals surface area contributed by atoms with E-state index in [-0.39, 0.29) is 31.2 Å². The third-order valence-electron chi connectivity index (χ3n) is 4.50. The fourth-order valence-electron chi connectivity index (χ4n) is 3.30. The second kappa shape index (κ2) is 8.54. The van der Waals surface area contributed by atoms with Crippen molar-refractivity contribution in [3.63, 3.8) is 0 Å². The molecule has 0 bridgehead atoms. The van der Waals surface area contributed by atoms with Crippen LogP contribution < -0.4 is 5.32 Å². The zero-order chi connectivity index (χ0) is 21.2. The van der Waals surface area contributed by atoms with E-state index in [4.69, 9.17) is 0 Å². The normalized spacial score (nSPS) is 20.3. The molecule has 1 aromatic heterocycles. The SMILES string of the molecule is CC(C)NC(=O)c1cn(CC2CC(F)CN2S(=O)(=O)Cc2cccc(F)c2)nn1. The Bertz CT molecular complexity index is 979. The summed E-state index contributed by atoms with van der Waals surface area (Å²) in [7, 11) is -3.87. The molecule has 2 heterocycles. The lowest BCUT2D eigenvalue weighted by Gasteiger charge is -2.23. The molecule has 0 radical (unpaired) electrons. The van der Waals surface area contributed by atoms with Crippen LogP contribution in [0.15, 0.2) is 30.5 Å². The van der Waals surface area contributed by atoms with Gasteiger partial charge in [-0.05, 0) is 38.0 Å². The maximum Gasteiger partial charge on any atom is 0.273 e. The van der Waals surface area contributed by atoms with Crippen molar-refractivity contribution >= 4 is 15.9 Å². The molecule has 1 aliphatic heterocycles. The number of amides is 1. The molecule has 2 aromatic rings. The Hall–Kier alpha value is -2.40. The smallest absolute Gasteiger partial charge is 0.273 e. The van der Waals surface area contributed by atoms with E-state index >= 15 is 0 Å². The van der Waals surface area contributed by atoms with Crippen LogP contribution in [0.4, 0.5) is 8.78 Å². The third-order valence-corrected chi connectivity index (χ3v) is 6.36. The van der Waals surface area contributed by atoms with Gasteiger partial charge in [0.05, 0.1) is 18.5 Å². The number of aromatic nitrogens is 3. The summed E-state index contributed by atoms with van der Waals surface area (Å²) in [5, 5.41) is 10.3. The Morgan fingerprint density at radius 2 is 2.14 bits per heavy atom. The molecule has 158 valence electrons. The maximum absolute atomic E-state index is 14.1. The van der Waals surface area contributed by atoms with E-state index < -0.39 is 39.7 Å². The molecule has 29 heavy (non-hydrogen) atoms. The Labute approximate surface area is 167 Å². The van der Waals surface area contributed by atoms with Crippen molar-refractivity contribution in [2.75, 3.05) is 6.54 Å². The van der Waals surface area contributed by atoms with Crippen molar-refractivity contribution in [2.24, 2.45) is 0 Å². The molecule has 0 aliphatic carbocycles. The molecule has 3 rings (SSSR count). The van der Waals surface area contributed by atoms with Gasteiger partial charge in [-0.1, -0.05) is 17.3 Å². The van der Waals surface area contributed by atoms with Crippen LogP contribution >= 0.6 is 0 Å². The number of nitrogens with zero attached hydrogens (tertiary/aromatic N) is 4. The van der Waals surface area contributed by atoms with E-state index in [9.17, 15) is 22.0 Å². The summed E-state index contributed by atoms with van der Waals surface area (Å²) in [6.07, 6.45) is 0.102. The molecular weight excluding hydrogens is 404 g/mol. The first-order chi connectivity index (χ1) is 13.6. The minimum absolute atomic E-state index is 0.00969. The maximum atomic E-state index is 14.1. The number of benzene rings is 1. The molecule has 2 unspecified atom stereocenters. The molecule has 0 spiro atoms. The summed E-state index contributed by atoms with van der Waals surface area (Å²) >= 11 is 0. The number of carbonyl (C=O) groups excluding carboxylic acids is 1. The zero-order valence-electron chi connectivity index (χ0n) is 16.1. The van der Waals surface area contributed by atoms with Crippen molar-refractivity contribution in [2.45, 2.75) is 50.8 Å². The van der Waals surface area contributed by atoms with Crippen molar-refractivity contribution in [3.05, 3.63) is 47.5 Å². The molecule has 1 N–H and O–H groups in total. The number of halogens is 2. The minimum Gasteiger partial charge on any atom is -0.348 e. The largest absolute Gasteiger partial charge is 0.348 e. The van der Waals surface area contributed by atoms with E-state index in [1.54, 1.807) is 0 Å². The molecule has 1 saturated heterocycles. The van der Waals surface area contributed by atoms with E-state index in [2.05, 4.69) is 15.6 Å². The van der Waals surface area contributed by atoms with Crippen LogP contribution in [0.1, 0.15) is 36.3 Å². The van der Waals surface area contributed by atoms with Gasteiger partial charge in [-0.3, -0.25) is 9.48 Å². The first-order valence-electron chi connectivity index (χ1n) is 9.23. The highest BCUT2D eigenvalue weighted by molar-refractivity contribution is 7.88. The lowest BCUT2D eigenvalue weighted by atomic mass is 10.2. The van der Waals surface area contributed by atoms with Gasteiger partial charge in [0.2, 0.25) is 10.0 Å². The zero-order valence-corrected chi connectivity index (χ0v) is 16.9. The molecular formula is C18H23F2N5O3S. The lowest BCUT2D eigenvalue weighted by molar-refractivity contribution is 0.0938. The molecule has 1 amide bonds. The van der Waals surface area contributed by atoms with Gasteiger partial charge in [-0.2, -0.15) is 4.31 Å². The number of nitrogens with one attached hydrogen (secondary N) is 1. The van der Waals surface area contributed by atoms with E-state index in [0.29, 0.717) is 5.56 Å². The number of hydrogen-bond donors (Lipinski definition) is 1. The van der Waals surface area contributed by atoms with Gasteiger partial charge in [-0.25, -0.2) is 17.2 Å². The number of alkyl halides is 1. The predicted molar refractivity (Wildman–Crippen MR) is 102 cm³/mol. The minimum atomic E-state index is -3.87. The molecule has 1 aromatic carbocycles. The van der Waals surface area contributed by atoms with Gasteiger partial charge in [0, 0.05) is 18.6 Å². The topological polar surface area (TPSA) is 97.2 Å². The Balaban J connectivity index is 1.73. The van der Waals surface area contributed by atoms with Gasteiger partial charge in [-0.15, -0.1) is 5.10 Å². The third kappa shape index (κ3) is 5.36. The fraction of sp³-hybridized carbons (Fsp3) is 0.500. The number of rotatable bonds is 7. The van der Waals surface area contributed by atoms with E-state index in [0.717, 1.165) is 10.4 Å². The Morgan fingerprint density at radius 3 is 2.83 bits per heavy atom. The van der Waals surface area contributed by atoms with Crippen LogP contribution in [-0.2, 0) is 22.3 Å². The summed E-state index contributed by atoms with van der Waals surface area (Å²) in [6.45, 7) is 3.41.